The first-order valence-electron chi connectivity index (χ1n) is 5.38. The van der Waals surface area contributed by atoms with Crippen LogP contribution in [-0.4, -0.2) is 25.3 Å². The maximum Gasteiger partial charge on any atom is 0.119 e. The second-order valence-electron chi connectivity index (χ2n) is 3.85. The highest BCUT2D eigenvalue weighted by Gasteiger charge is 2.15. The van der Waals surface area contributed by atoms with Crippen LogP contribution < -0.4 is 9.64 Å². The molecule has 0 saturated carbocycles. The Morgan fingerprint density at radius 2 is 2.07 bits per heavy atom. The number of rotatable bonds is 3. The van der Waals surface area contributed by atoms with Gasteiger partial charge in [-0.05, 0) is 31.0 Å². The molecule has 1 N–H and O–H groups in total. The quantitative estimate of drug-likeness (QED) is 0.820. The van der Waals surface area contributed by atoms with E-state index in [-0.39, 0.29) is 6.61 Å². The summed E-state index contributed by atoms with van der Waals surface area (Å²) in [6, 6.07) is 5.90. The van der Waals surface area contributed by atoms with Gasteiger partial charge in [0.05, 0.1) is 13.7 Å². The second kappa shape index (κ2) is 4.53. The van der Waals surface area contributed by atoms with E-state index < -0.39 is 0 Å². The predicted molar refractivity (Wildman–Crippen MR) is 60.4 cm³/mol. The lowest BCUT2D eigenvalue weighted by Gasteiger charge is -2.21. The molecule has 1 fully saturated rings. The molecular formula is C12H17NO2. The van der Waals surface area contributed by atoms with Gasteiger partial charge in [0.15, 0.2) is 0 Å². The van der Waals surface area contributed by atoms with Crippen LogP contribution in [0.15, 0.2) is 18.2 Å². The van der Waals surface area contributed by atoms with Crippen LogP contribution >= 0.6 is 0 Å². The molecule has 0 bridgehead atoms. The zero-order chi connectivity index (χ0) is 10.7. The molecule has 1 aromatic rings. The molecule has 0 atom stereocenters. The minimum absolute atomic E-state index is 0.0725. The van der Waals surface area contributed by atoms with Crippen molar-refractivity contribution in [1.82, 2.24) is 0 Å². The molecule has 0 unspecified atom stereocenters. The van der Waals surface area contributed by atoms with Crippen LogP contribution in [0.4, 0.5) is 5.69 Å². The Morgan fingerprint density at radius 1 is 1.33 bits per heavy atom. The maximum atomic E-state index is 9.32. The summed E-state index contributed by atoms with van der Waals surface area (Å²) in [7, 11) is 1.64. The second-order valence-corrected chi connectivity index (χ2v) is 3.85. The highest BCUT2D eigenvalue weighted by molar-refractivity contribution is 5.56. The van der Waals surface area contributed by atoms with E-state index in [4.69, 9.17) is 4.74 Å². The summed E-state index contributed by atoms with van der Waals surface area (Å²) in [4.78, 5) is 2.32. The number of methoxy groups -OCH3 is 1. The van der Waals surface area contributed by atoms with Crippen molar-refractivity contribution in [1.29, 1.82) is 0 Å². The van der Waals surface area contributed by atoms with Gasteiger partial charge in [-0.25, -0.2) is 0 Å². The van der Waals surface area contributed by atoms with E-state index in [0.717, 1.165) is 30.1 Å². The van der Waals surface area contributed by atoms with E-state index in [2.05, 4.69) is 4.90 Å². The van der Waals surface area contributed by atoms with Gasteiger partial charge >= 0.3 is 0 Å². The number of hydrogen-bond acceptors (Lipinski definition) is 3. The maximum absolute atomic E-state index is 9.32. The van der Waals surface area contributed by atoms with Gasteiger partial charge in [-0.15, -0.1) is 0 Å². The van der Waals surface area contributed by atoms with E-state index in [1.54, 1.807) is 7.11 Å². The molecule has 3 nitrogen and oxygen atoms in total. The molecule has 0 radical (unpaired) electrons. The fraction of sp³-hybridized carbons (Fsp3) is 0.500. The van der Waals surface area contributed by atoms with E-state index >= 15 is 0 Å². The molecule has 3 heteroatoms. The van der Waals surface area contributed by atoms with Crippen molar-refractivity contribution in [2.24, 2.45) is 0 Å². The van der Waals surface area contributed by atoms with Crippen molar-refractivity contribution in [3.8, 4) is 5.75 Å². The third-order valence-corrected chi connectivity index (χ3v) is 2.90. The van der Waals surface area contributed by atoms with Crippen LogP contribution in [0, 0.1) is 0 Å². The van der Waals surface area contributed by atoms with Gasteiger partial charge in [-0.3, -0.25) is 0 Å². The number of nitrogens with zero attached hydrogens (tertiary/aromatic N) is 1. The summed E-state index contributed by atoms with van der Waals surface area (Å²) in [6.45, 7) is 2.27. The van der Waals surface area contributed by atoms with Gasteiger partial charge in [-0.1, -0.05) is 0 Å². The molecule has 1 heterocycles. The van der Waals surface area contributed by atoms with Crippen molar-refractivity contribution < 1.29 is 9.84 Å². The van der Waals surface area contributed by atoms with Crippen molar-refractivity contribution in [2.75, 3.05) is 25.1 Å². The van der Waals surface area contributed by atoms with Crippen LogP contribution in [0.1, 0.15) is 18.4 Å². The van der Waals surface area contributed by atoms with Crippen LogP contribution in [0.5, 0.6) is 5.75 Å². The first-order valence-corrected chi connectivity index (χ1v) is 5.38. The van der Waals surface area contributed by atoms with Crippen molar-refractivity contribution >= 4 is 5.69 Å². The van der Waals surface area contributed by atoms with Crippen LogP contribution in [-0.2, 0) is 6.61 Å². The van der Waals surface area contributed by atoms with Crippen LogP contribution in [0.2, 0.25) is 0 Å². The van der Waals surface area contributed by atoms with Gasteiger partial charge in [0.2, 0.25) is 0 Å². The third-order valence-electron chi connectivity index (χ3n) is 2.90. The summed E-state index contributed by atoms with van der Waals surface area (Å²) in [6.07, 6.45) is 2.49. The molecule has 0 aromatic heterocycles. The highest BCUT2D eigenvalue weighted by atomic mass is 16.5. The first kappa shape index (κ1) is 10.3. The number of aliphatic hydroxyl groups excluding tert-OH is 1. The largest absolute Gasteiger partial charge is 0.497 e. The molecular weight excluding hydrogens is 190 g/mol. The summed E-state index contributed by atoms with van der Waals surface area (Å²) >= 11 is 0. The van der Waals surface area contributed by atoms with Crippen LogP contribution in [0.25, 0.3) is 0 Å². The molecule has 0 spiro atoms. The van der Waals surface area contributed by atoms with Crippen LogP contribution in [0.3, 0.4) is 0 Å². The molecule has 2 rings (SSSR count). The van der Waals surface area contributed by atoms with E-state index in [1.807, 2.05) is 18.2 Å². The monoisotopic (exact) mass is 207 g/mol. The third kappa shape index (κ3) is 2.07. The van der Waals surface area contributed by atoms with Gasteiger partial charge in [-0.2, -0.15) is 0 Å². The Labute approximate surface area is 90.3 Å². The predicted octanol–water partition coefficient (Wildman–Crippen LogP) is 1.79. The van der Waals surface area contributed by atoms with E-state index in [0.29, 0.717) is 0 Å². The van der Waals surface area contributed by atoms with Crippen molar-refractivity contribution in [2.45, 2.75) is 19.4 Å². The van der Waals surface area contributed by atoms with Crippen molar-refractivity contribution in [3.05, 3.63) is 23.8 Å². The minimum Gasteiger partial charge on any atom is -0.497 e. The van der Waals surface area contributed by atoms with Crippen molar-refractivity contribution in [3.63, 3.8) is 0 Å². The lowest BCUT2D eigenvalue weighted by molar-refractivity contribution is 0.281. The summed E-state index contributed by atoms with van der Waals surface area (Å²) in [5.74, 6) is 0.807. The number of ether oxygens (including phenoxy) is 1. The average Bonchev–Trinajstić information content (AvgIpc) is 2.81. The Balaban J connectivity index is 2.29. The molecule has 1 aliphatic heterocycles. The average molecular weight is 207 g/mol. The zero-order valence-electron chi connectivity index (χ0n) is 9.07. The molecule has 82 valence electrons. The Hall–Kier alpha value is -1.22. The fourth-order valence-electron chi connectivity index (χ4n) is 2.08. The minimum atomic E-state index is 0.0725. The topological polar surface area (TPSA) is 32.7 Å². The standard InChI is InChI=1S/C12H17NO2/c1-15-11-4-5-12(10(8-11)9-14)13-6-2-3-7-13/h4-5,8,14H,2-3,6-7,9H2,1H3. The number of hydrogen-bond donors (Lipinski definition) is 1. The normalized spacial score (nSPS) is 15.7. The van der Waals surface area contributed by atoms with Gasteiger partial charge in [0, 0.05) is 24.3 Å². The molecule has 0 amide bonds. The van der Waals surface area contributed by atoms with E-state index in [9.17, 15) is 5.11 Å². The molecule has 1 aliphatic rings. The number of benzene rings is 1. The molecule has 15 heavy (non-hydrogen) atoms. The first-order chi connectivity index (χ1) is 7.35. The highest BCUT2D eigenvalue weighted by Crippen LogP contribution is 2.28. The summed E-state index contributed by atoms with van der Waals surface area (Å²) < 4.78 is 5.14. The Morgan fingerprint density at radius 3 is 2.67 bits per heavy atom. The van der Waals surface area contributed by atoms with Gasteiger partial charge in [0.25, 0.3) is 0 Å². The Kier molecular flexibility index (Phi) is 3.11. The van der Waals surface area contributed by atoms with E-state index in [1.165, 1.54) is 12.8 Å². The SMILES string of the molecule is COc1ccc(N2CCCC2)c(CO)c1. The molecule has 1 aromatic carbocycles. The summed E-state index contributed by atoms with van der Waals surface area (Å²) in [5.41, 5.74) is 2.10. The fourth-order valence-corrected chi connectivity index (χ4v) is 2.08. The number of aliphatic hydroxyl groups is 1. The smallest absolute Gasteiger partial charge is 0.119 e. The summed E-state index contributed by atoms with van der Waals surface area (Å²) in [5, 5.41) is 9.32. The number of anilines is 1. The molecule has 0 aliphatic carbocycles. The molecule has 1 saturated heterocycles. The van der Waals surface area contributed by atoms with Gasteiger partial charge < -0.3 is 14.7 Å². The Bertz CT molecular complexity index is 332. The zero-order valence-corrected chi connectivity index (χ0v) is 9.07. The lowest BCUT2D eigenvalue weighted by atomic mass is 10.1. The lowest BCUT2D eigenvalue weighted by Crippen LogP contribution is -2.19. The van der Waals surface area contributed by atoms with Gasteiger partial charge in [0.1, 0.15) is 5.75 Å².